The smallest absolute Gasteiger partial charge is 0.251 e. The molecule has 0 aliphatic carbocycles. The average molecular weight is 394 g/mol. The summed E-state index contributed by atoms with van der Waals surface area (Å²) in [5.74, 6) is 0.721. The molecule has 1 saturated heterocycles. The predicted octanol–water partition coefficient (Wildman–Crippen LogP) is 4.18. The van der Waals surface area contributed by atoms with Crippen LogP contribution in [-0.2, 0) is 11.2 Å². The molecule has 1 aliphatic rings. The summed E-state index contributed by atoms with van der Waals surface area (Å²) in [7, 11) is 0. The van der Waals surface area contributed by atoms with Gasteiger partial charge in [0.15, 0.2) is 0 Å². The minimum absolute atomic E-state index is 0.122. The zero-order valence-corrected chi connectivity index (χ0v) is 16.5. The van der Waals surface area contributed by atoms with Crippen LogP contribution in [0.25, 0.3) is 11.3 Å². The molecule has 0 radical (unpaired) electrons. The summed E-state index contributed by atoms with van der Waals surface area (Å²) in [5, 5.41) is 3.95. The number of hydrogen-bond donors (Lipinski definition) is 1. The zero-order chi connectivity index (χ0) is 19.3. The Kier molecular flexibility index (Phi) is 5.67. The third-order valence-corrected chi connectivity index (χ3v) is 5.87. The van der Waals surface area contributed by atoms with Crippen molar-refractivity contribution in [1.29, 1.82) is 0 Å². The minimum Gasteiger partial charge on any atom is -0.333 e. The summed E-state index contributed by atoms with van der Waals surface area (Å²) >= 11 is 1.57. The van der Waals surface area contributed by atoms with Crippen molar-refractivity contribution in [3.8, 4) is 11.3 Å². The number of likely N-dealkylation sites (tertiary alicyclic amines) is 1. The van der Waals surface area contributed by atoms with Gasteiger partial charge in [-0.3, -0.25) is 9.59 Å². The van der Waals surface area contributed by atoms with Gasteiger partial charge in [0.05, 0.1) is 11.7 Å². The minimum atomic E-state index is -0.173. The number of benzene rings is 1. The normalized spacial score (nSPS) is 16.9. The summed E-state index contributed by atoms with van der Waals surface area (Å²) in [4.78, 5) is 34.7. The third-order valence-electron chi connectivity index (χ3n) is 5.19. The van der Waals surface area contributed by atoms with Crippen LogP contribution >= 0.6 is 11.3 Å². The number of nitrogens with zero attached hydrogens (tertiary/aromatic N) is 2. The lowest BCUT2D eigenvalue weighted by Crippen LogP contribution is -2.40. The molecule has 6 heteroatoms. The summed E-state index contributed by atoms with van der Waals surface area (Å²) in [6.07, 6.45) is 4.03. The van der Waals surface area contributed by atoms with E-state index in [9.17, 15) is 9.59 Å². The SMILES string of the molecule is O=C(CCc1ccccc1)N1CCCC[C@@H]1c1nc(-c2ccsc2)cc(=O)[nH]1. The number of nitrogens with one attached hydrogen (secondary N) is 1. The topological polar surface area (TPSA) is 66.1 Å². The highest BCUT2D eigenvalue weighted by molar-refractivity contribution is 7.08. The van der Waals surface area contributed by atoms with Crippen molar-refractivity contribution < 1.29 is 4.79 Å². The van der Waals surface area contributed by atoms with Crippen LogP contribution in [0.4, 0.5) is 0 Å². The Balaban J connectivity index is 1.55. The Labute approximate surface area is 168 Å². The molecule has 0 bridgehead atoms. The number of hydrogen-bond acceptors (Lipinski definition) is 4. The fourth-order valence-electron chi connectivity index (χ4n) is 3.75. The molecule has 1 N–H and O–H groups in total. The molecular formula is C22H23N3O2S. The number of piperidine rings is 1. The van der Waals surface area contributed by atoms with Crippen molar-refractivity contribution in [1.82, 2.24) is 14.9 Å². The Morgan fingerprint density at radius 3 is 2.86 bits per heavy atom. The van der Waals surface area contributed by atoms with Crippen LogP contribution in [0.15, 0.2) is 58.0 Å². The van der Waals surface area contributed by atoms with Crippen LogP contribution in [0.2, 0.25) is 0 Å². The number of rotatable bonds is 5. The zero-order valence-electron chi connectivity index (χ0n) is 15.6. The Morgan fingerprint density at radius 2 is 2.07 bits per heavy atom. The Morgan fingerprint density at radius 1 is 1.21 bits per heavy atom. The van der Waals surface area contributed by atoms with Gasteiger partial charge in [0.1, 0.15) is 5.82 Å². The van der Waals surface area contributed by atoms with Crippen molar-refractivity contribution in [3.63, 3.8) is 0 Å². The Hall–Kier alpha value is -2.73. The predicted molar refractivity (Wildman–Crippen MR) is 111 cm³/mol. The second kappa shape index (κ2) is 8.52. The molecule has 4 rings (SSSR count). The number of amides is 1. The number of aromatic amines is 1. The van der Waals surface area contributed by atoms with Gasteiger partial charge >= 0.3 is 0 Å². The molecule has 1 aliphatic heterocycles. The Bertz CT molecular complexity index is 983. The van der Waals surface area contributed by atoms with Gasteiger partial charge in [0.25, 0.3) is 5.56 Å². The molecule has 0 unspecified atom stereocenters. The maximum absolute atomic E-state index is 13.0. The van der Waals surface area contributed by atoms with Gasteiger partial charge in [-0.2, -0.15) is 11.3 Å². The third kappa shape index (κ3) is 4.22. The molecule has 28 heavy (non-hydrogen) atoms. The van der Waals surface area contributed by atoms with Crippen molar-refractivity contribution >= 4 is 17.2 Å². The highest BCUT2D eigenvalue weighted by atomic mass is 32.1. The van der Waals surface area contributed by atoms with Crippen LogP contribution in [0, 0.1) is 0 Å². The van der Waals surface area contributed by atoms with E-state index < -0.39 is 0 Å². The molecule has 144 valence electrons. The number of aromatic nitrogens is 2. The van der Waals surface area contributed by atoms with Gasteiger partial charge in [-0.15, -0.1) is 0 Å². The second-order valence-electron chi connectivity index (χ2n) is 7.11. The fraction of sp³-hybridized carbons (Fsp3) is 0.318. The van der Waals surface area contributed by atoms with E-state index in [1.807, 2.05) is 52.1 Å². The number of aryl methyl sites for hydroxylation is 1. The van der Waals surface area contributed by atoms with Gasteiger partial charge in [-0.25, -0.2) is 4.98 Å². The summed E-state index contributed by atoms with van der Waals surface area (Å²) in [6.45, 7) is 0.713. The summed E-state index contributed by atoms with van der Waals surface area (Å²) in [6, 6.07) is 13.4. The van der Waals surface area contributed by atoms with Gasteiger partial charge in [-0.05, 0) is 42.7 Å². The van der Waals surface area contributed by atoms with E-state index >= 15 is 0 Å². The molecule has 1 aromatic carbocycles. The average Bonchev–Trinajstić information content (AvgIpc) is 3.27. The maximum Gasteiger partial charge on any atom is 0.251 e. The molecule has 3 heterocycles. The molecule has 0 saturated carbocycles. The van der Waals surface area contributed by atoms with E-state index in [4.69, 9.17) is 4.98 Å². The lowest BCUT2D eigenvalue weighted by atomic mass is 9.99. The van der Waals surface area contributed by atoms with E-state index in [-0.39, 0.29) is 17.5 Å². The van der Waals surface area contributed by atoms with E-state index in [1.165, 1.54) is 6.07 Å². The first-order valence-corrected chi connectivity index (χ1v) is 10.6. The summed E-state index contributed by atoms with van der Waals surface area (Å²) < 4.78 is 0. The van der Waals surface area contributed by atoms with Crippen LogP contribution in [0.3, 0.4) is 0 Å². The highest BCUT2D eigenvalue weighted by Gasteiger charge is 2.29. The lowest BCUT2D eigenvalue weighted by molar-refractivity contribution is -0.135. The maximum atomic E-state index is 13.0. The van der Waals surface area contributed by atoms with Gasteiger partial charge in [0.2, 0.25) is 5.91 Å². The first kappa shape index (κ1) is 18.6. The van der Waals surface area contributed by atoms with Crippen molar-refractivity contribution in [2.24, 2.45) is 0 Å². The van der Waals surface area contributed by atoms with Gasteiger partial charge in [0, 0.05) is 30.0 Å². The molecule has 3 aromatic rings. The van der Waals surface area contributed by atoms with Crippen LogP contribution in [-0.4, -0.2) is 27.3 Å². The largest absolute Gasteiger partial charge is 0.333 e. The first-order chi connectivity index (χ1) is 13.7. The highest BCUT2D eigenvalue weighted by Crippen LogP contribution is 2.30. The molecular weight excluding hydrogens is 370 g/mol. The van der Waals surface area contributed by atoms with E-state index in [2.05, 4.69) is 4.98 Å². The lowest BCUT2D eigenvalue weighted by Gasteiger charge is -2.35. The number of carbonyl (C=O) groups is 1. The van der Waals surface area contributed by atoms with Crippen molar-refractivity contribution in [2.45, 2.75) is 38.1 Å². The molecule has 1 atom stereocenters. The number of H-pyrrole nitrogens is 1. The second-order valence-corrected chi connectivity index (χ2v) is 7.89. The standard InChI is InChI=1S/C22H23N3O2S/c26-20-14-18(17-11-13-28-15-17)23-22(24-20)19-8-4-5-12-25(19)21(27)10-9-16-6-2-1-3-7-16/h1-3,6-7,11,13-15,19H,4-5,8-10,12H2,(H,23,24,26)/t19-/m1/s1. The molecule has 1 fully saturated rings. The van der Waals surface area contributed by atoms with Crippen molar-refractivity contribution in [2.75, 3.05) is 6.54 Å². The number of thiophene rings is 1. The van der Waals surface area contributed by atoms with Crippen molar-refractivity contribution in [3.05, 3.63) is 75.0 Å². The molecule has 1 amide bonds. The van der Waals surface area contributed by atoms with E-state index in [0.717, 1.165) is 36.8 Å². The van der Waals surface area contributed by atoms with Gasteiger partial charge < -0.3 is 9.88 Å². The fourth-order valence-corrected chi connectivity index (χ4v) is 4.40. The van der Waals surface area contributed by atoms with E-state index in [0.29, 0.717) is 24.5 Å². The molecule has 0 spiro atoms. The quantitative estimate of drug-likeness (QED) is 0.707. The number of carbonyl (C=O) groups excluding carboxylic acids is 1. The van der Waals surface area contributed by atoms with E-state index in [1.54, 1.807) is 11.3 Å². The molecule has 5 nitrogen and oxygen atoms in total. The molecule has 2 aromatic heterocycles. The van der Waals surface area contributed by atoms with Crippen LogP contribution in [0.5, 0.6) is 0 Å². The van der Waals surface area contributed by atoms with Gasteiger partial charge in [-0.1, -0.05) is 30.3 Å². The summed E-state index contributed by atoms with van der Waals surface area (Å²) in [5.41, 5.74) is 2.60. The monoisotopic (exact) mass is 393 g/mol. The van der Waals surface area contributed by atoms with Crippen LogP contribution in [0.1, 0.15) is 43.1 Å². The van der Waals surface area contributed by atoms with Crippen LogP contribution < -0.4 is 5.56 Å². The first-order valence-electron chi connectivity index (χ1n) is 9.68.